The molecule has 0 fully saturated rings. The van der Waals surface area contributed by atoms with Gasteiger partial charge in [0.05, 0.1) is 5.70 Å². The van der Waals surface area contributed by atoms with Crippen molar-refractivity contribution in [2.45, 2.75) is 0 Å². The van der Waals surface area contributed by atoms with Crippen LogP contribution in [-0.4, -0.2) is 4.21 Å². The van der Waals surface area contributed by atoms with Gasteiger partial charge in [-0.2, -0.15) is 0 Å². The van der Waals surface area contributed by atoms with Gasteiger partial charge in [0.25, 0.3) is 0 Å². The molecule has 0 spiro atoms. The molecular weight excluding hydrogens is 262 g/mol. The zero-order chi connectivity index (χ0) is 9.97. The molecule has 1 heterocycles. The summed E-state index contributed by atoms with van der Waals surface area (Å²) in [4.78, 5) is 0. The van der Waals surface area contributed by atoms with Crippen LogP contribution in [0.25, 0.3) is 5.70 Å². The van der Waals surface area contributed by atoms with Gasteiger partial charge in [-0.05, 0) is 27.6 Å². The summed E-state index contributed by atoms with van der Waals surface area (Å²) in [6, 6.07) is 9.80. The second-order valence-electron chi connectivity index (χ2n) is 2.79. The van der Waals surface area contributed by atoms with Gasteiger partial charge in [-0.1, -0.05) is 30.3 Å². The Morgan fingerprint density at radius 2 is 1.93 bits per heavy atom. The van der Waals surface area contributed by atoms with Crippen molar-refractivity contribution in [2.75, 3.05) is 0 Å². The zero-order valence-corrected chi connectivity index (χ0v) is 9.64. The molecule has 1 aliphatic rings. The highest BCUT2D eigenvalue weighted by atomic mass is 79.9. The monoisotopic (exact) mass is 269 g/mol. The minimum Gasteiger partial charge on any atom is -0.300 e. The Morgan fingerprint density at radius 1 is 1.21 bits per heavy atom. The largest absolute Gasteiger partial charge is 0.300 e. The highest BCUT2D eigenvalue weighted by molar-refractivity contribution is 9.12. The van der Waals surface area contributed by atoms with Crippen molar-refractivity contribution in [3.05, 3.63) is 51.9 Å². The fourth-order valence-electron chi connectivity index (χ4n) is 1.19. The smallest absolute Gasteiger partial charge is 0.142 e. The molecule has 1 N–H and O–H groups in total. The maximum atomic E-state index is 11.3. The molecule has 1 aromatic rings. The molecular formula is C10H8BrNOS. The summed E-state index contributed by atoms with van der Waals surface area (Å²) < 4.78 is 15.1. The van der Waals surface area contributed by atoms with Gasteiger partial charge in [-0.15, -0.1) is 0 Å². The third-order valence-electron chi connectivity index (χ3n) is 1.84. The van der Waals surface area contributed by atoms with Crippen LogP contribution in [0, 0.1) is 0 Å². The summed E-state index contributed by atoms with van der Waals surface area (Å²) in [6.07, 6.45) is 1.80. The van der Waals surface area contributed by atoms with E-state index in [1.54, 1.807) is 11.5 Å². The van der Waals surface area contributed by atoms with Crippen molar-refractivity contribution < 1.29 is 4.21 Å². The Morgan fingerprint density at radius 3 is 2.64 bits per heavy atom. The van der Waals surface area contributed by atoms with Gasteiger partial charge in [-0.3, -0.25) is 4.72 Å². The molecule has 0 aromatic heterocycles. The molecule has 1 unspecified atom stereocenters. The van der Waals surface area contributed by atoms with Crippen LogP contribution in [0.5, 0.6) is 0 Å². The average Bonchev–Trinajstić information content (AvgIpc) is 2.23. The maximum absolute atomic E-state index is 11.3. The maximum Gasteiger partial charge on any atom is 0.142 e. The van der Waals surface area contributed by atoms with Crippen LogP contribution >= 0.6 is 15.9 Å². The van der Waals surface area contributed by atoms with Crippen molar-refractivity contribution in [1.82, 2.24) is 4.72 Å². The normalized spacial score (nSPS) is 20.8. The summed E-state index contributed by atoms with van der Waals surface area (Å²) in [5.74, 6) is 0. The number of rotatable bonds is 1. The average molecular weight is 270 g/mol. The number of hydrogen-bond acceptors (Lipinski definition) is 1. The first-order chi connectivity index (χ1) is 6.77. The van der Waals surface area contributed by atoms with Crippen LogP contribution in [0.1, 0.15) is 5.56 Å². The van der Waals surface area contributed by atoms with E-state index in [2.05, 4.69) is 20.7 Å². The number of hydrogen-bond donors (Lipinski definition) is 1. The standard InChI is InChI=1S/C10H8BrNOS/c11-9-6-7-14(13)12-10(9)8-4-2-1-3-5-8/h1-7,12H. The van der Waals surface area contributed by atoms with E-state index in [1.165, 1.54) is 0 Å². The molecule has 0 aliphatic carbocycles. The van der Waals surface area contributed by atoms with Crippen LogP contribution in [0.4, 0.5) is 0 Å². The van der Waals surface area contributed by atoms with E-state index in [0.29, 0.717) is 0 Å². The third-order valence-corrected chi connectivity index (χ3v) is 3.29. The first kappa shape index (κ1) is 9.68. The molecule has 2 rings (SSSR count). The molecule has 4 heteroatoms. The van der Waals surface area contributed by atoms with E-state index >= 15 is 0 Å². The van der Waals surface area contributed by atoms with E-state index < -0.39 is 11.0 Å². The second kappa shape index (κ2) is 4.11. The molecule has 14 heavy (non-hydrogen) atoms. The summed E-state index contributed by atoms with van der Waals surface area (Å²) in [6.45, 7) is 0. The predicted octanol–water partition coefficient (Wildman–Crippen LogP) is 2.53. The molecule has 0 amide bonds. The Labute approximate surface area is 93.4 Å². The van der Waals surface area contributed by atoms with E-state index in [4.69, 9.17) is 0 Å². The summed E-state index contributed by atoms with van der Waals surface area (Å²) in [5, 5.41) is 1.61. The molecule has 0 bridgehead atoms. The number of nitrogens with one attached hydrogen (secondary N) is 1. The van der Waals surface area contributed by atoms with Crippen LogP contribution < -0.4 is 4.72 Å². The van der Waals surface area contributed by atoms with E-state index in [9.17, 15) is 4.21 Å². The second-order valence-corrected chi connectivity index (χ2v) is 4.72. The predicted molar refractivity (Wildman–Crippen MR) is 62.7 cm³/mol. The van der Waals surface area contributed by atoms with Gasteiger partial charge < -0.3 is 0 Å². The lowest BCUT2D eigenvalue weighted by atomic mass is 10.1. The lowest BCUT2D eigenvalue weighted by molar-refractivity contribution is 0.685. The topological polar surface area (TPSA) is 29.1 Å². The first-order valence-corrected chi connectivity index (χ1v) is 6.08. The Kier molecular flexibility index (Phi) is 2.84. The molecule has 0 saturated carbocycles. The molecule has 1 atom stereocenters. The Bertz CT molecular complexity index is 425. The fraction of sp³-hybridized carbons (Fsp3) is 0. The lowest BCUT2D eigenvalue weighted by Crippen LogP contribution is -2.16. The summed E-state index contributed by atoms with van der Waals surface area (Å²) >= 11 is 3.41. The minimum atomic E-state index is -1.11. The van der Waals surface area contributed by atoms with Gasteiger partial charge in [0, 0.05) is 9.89 Å². The molecule has 2 nitrogen and oxygen atoms in total. The SMILES string of the molecule is O=S1C=CC(Br)=C(c2ccccc2)N1. The van der Waals surface area contributed by atoms with Gasteiger partial charge in [0.1, 0.15) is 11.0 Å². The van der Waals surface area contributed by atoms with Crippen molar-refractivity contribution in [1.29, 1.82) is 0 Å². The summed E-state index contributed by atoms with van der Waals surface area (Å²) in [7, 11) is -1.11. The lowest BCUT2D eigenvalue weighted by Gasteiger charge is -2.13. The molecule has 0 saturated heterocycles. The fourth-order valence-corrected chi connectivity index (χ4v) is 2.71. The Balaban J connectivity index is 2.44. The van der Waals surface area contributed by atoms with Gasteiger partial charge in [-0.25, -0.2) is 4.21 Å². The third kappa shape index (κ3) is 1.96. The van der Waals surface area contributed by atoms with E-state index in [1.807, 2.05) is 30.3 Å². The minimum absolute atomic E-state index is 0.867. The van der Waals surface area contributed by atoms with Crippen LogP contribution in [-0.2, 0) is 11.0 Å². The van der Waals surface area contributed by atoms with Crippen molar-refractivity contribution in [3.8, 4) is 0 Å². The molecule has 72 valence electrons. The van der Waals surface area contributed by atoms with Gasteiger partial charge in [0.2, 0.25) is 0 Å². The van der Waals surface area contributed by atoms with Crippen LogP contribution in [0.3, 0.4) is 0 Å². The number of allylic oxidation sites excluding steroid dienone is 2. The number of benzene rings is 1. The van der Waals surface area contributed by atoms with Crippen molar-refractivity contribution in [2.24, 2.45) is 0 Å². The molecule has 0 radical (unpaired) electrons. The van der Waals surface area contributed by atoms with Crippen LogP contribution in [0.2, 0.25) is 0 Å². The van der Waals surface area contributed by atoms with E-state index in [0.717, 1.165) is 15.7 Å². The molecule has 1 aliphatic heterocycles. The van der Waals surface area contributed by atoms with Crippen molar-refractivity contribution >= 4 is 32.6 Å². The molecule has 1 aromatic carbocycles. The first-order valence-electron chi connectivity index (χ1n) is 4.08. The summed E-state index contributed by atoms with van der Waals surface area (Å²) in [5.41, 5.74) is 1.89. The Hall–Kier alpha value is -0.870. The highest BCUT2D eigenvalue weighted by Crippen LogP contribution is 2.24. The van der Waals surface area contributed by atoms with E-state index in [-0.39, 0.29) is 0 Å². The van der Waals surface area contributed by atoms with Gasteiger partial charge in [0.15, 0.2) is 0 Å². The quantitative estimate of drug-likeness (QED) is 0.834. The zero-order valence-electron chi connectivity index (χ0n) is 7.24. The highest BCUT2D eigenvalue weighted by Gasteiger charge is 2.11. The van der Waals surface area contributed by atoms with Crippen LogP contribution in [0.15, 0.2) is 46.3 Å². The van der Waals surface area contributed by atoms with Crippen molar-refractivity contribution in [3.63, 3.8) is 0 Å². The van der Waals surface area contributed by atoms with Gasteiger partial charge >= 0.3 is 0 Å². The number of halogens is 1.